The molecule has 0 spiro atoms. The van der Waals surface area contributed by atoms with Gasteiger partial charge in [-0.2, -0.15) is 0 Å². The van der Waals surface area contributed by atoms with Crippen molar-refractivity contribution in [2.24, 2.45) is 5.92 Å². The number of nitrogens with zero attached hydrogens (tertiary/aromatic N) is 2. The van der Waals surface area contributed by atoms with Gasteiger partial charge in [-0.15, -0.1) is 0 Å². The summed E-state index contributed by atoms with van der Waals surface area (Å²) in [4.78, 5) is 23.3. The number of ether oxygens (including phenoxy) is 1. The Balaban J connectivity index is 1.86. The molecule has 0 unspecified atom stereocenters. The fourth-order valence-corrected chi connectivity index (χ4v) is 3.08. The van der Waals surface area contributed by atoms with E-state index in [2.05, 4.69) is 5.01 Å². The molecule has 0 aromatic heterocycles. The average molecular weight is 298 g/mol. The summed E-state index contributed by atoms with van der Waals surface area (Å²) in [5.41, 5.74) is -0.447. The van der Waals surface area contributed by atoms with E-state index < -0.39 is 17.6 Å². The van der Waals surface area contributed by atoms with Gasteiger partial charge in [0.25, 0.3) is 0 Å². The van der Waals surface area contributed by atoms with Crippen LogP contribution in [0.15, 0.2) is 0 Å². The third kappa shape index (κ3) is 4.17. The van der Waals surface area contributed by atoms with Gasteiger partial charge in [0.2, 0.25) is 0 Å². The van der Waals surface area contributed by atoms with E-state index >= 15 is 0 Å². The topological polar surface area (TPSA) is 70.1 Å². The van der Waals surface area contributed by atoms with E-state index in [0.29, 0.717) is 6.42 Å². The Morgan fingerprint density at radius 1 is 1.10 bits per heavy atom. The van der Waals surface area contributed by atoms with E-state index in [1.807, 2.05) is 25.8 Å². The quantitative estimate of drug-likeness (QED) is 0.796. The van der Waals surface area contributed by atoms with Gasteiger partial charge in [0, 0.05) is 19.6 Å². The smallest absolute Gasteiger partial charge is 0.322 e. The van der Waals surface area contributed by atoms with Gasteiger partial charge in [-0.3, -0.25) is 9.59 Å². The second kappa shape index (κ2) is 6.32. The molecule has 0 saturated carbocycles. The summed E-state index contributed by atoms with van der Waals surface area (Å²) in [6.07, 6.45) is 3.10. The SMILES string of the molecule is CC(C)(C)OC(=O)C1CCN(N2CCC[C@H]2C(=O)O)CC1. The molecule has 2 rings (SSSR count). The van der Waals surface area contributed by atoms with Gasteiger partial charge in [0.1, 0.15) is 11.6 Å². The molecule has 0 bridgehead atoms. The van der Waals surface area contributed by atoms with Crippen LogP contribution in [0.2, 0.25) is 0 Å². The first kappa shape index (κ1) is 16.2. The second-order valence-corrected chi connectivity index (χ2v) is 6.92. The standard InChI is InChI=1S/C15H26N2O4/c1-15(2,3)21-14(20)11-6-9-16(10-7-11)17-8-4-5-12(17)13(18)19/h11-12H,4-10H2,1-3H3,(H,18,19)/t12-/m0/s1. The zero-order valence-corrected chi connectivity index (χ0v) is 13.2. The van der Waals surface area contributed by atoms with Gasteiger partial charge in [-0.05, 0) is 46.5 Å². The average Bonchev–Trinajstić information content (AvgIpc) is 2.86. The van der Waals surface area contributed by atoms with Crippen molar-refractivity contribution in [1.29, 1.82) is 0 Å². The summed E-state index contributed by atoms with van der Waals surface area (Å²) in [7, 11) is 0. The molecule has 2 heterocycles. The predicted molar refractivity (Wildman–Crippen MR) is 77.5 cm³/mol. The summed E-state index contributed by atoms with van der Waals surface area (Å²) in [6, 6.07) is -0.400. The van der Waals surface area contributed by atoms with Crippen LogP contribution in [0, 0.1) is 5.92 Å². The maximum absolute atomic E-state index is 12.1. The number of hydrogen-bond acceptors (Lipinski definition) is 5. The number of carbonyl (C=O) groups is 2. The summed E-state index contributed by atoms with van der Waals surface area (Å²) in [5.74, 6) is -0.938. The number of esters is 1. The van der Waals surface area contributed by atoms with E-state index in [1.54, 1.807) is 0 Å². The fourth-order valence-electron chi connectivity index (χ4n) is 3.08. The minimum Gasteiger partial charge on any atom is -0.480 e. The van der Waals surface area contributed by atoms with Crippen molar-refractivity contribution in [3.8, 4) is 0 Å². The van der Waals surface area contributed by atoms with Crippen LogP contribution in [0.3, 0.4) is 0 Å². The maximum Gasteiger partial charge on any atom is 0.322 e. The number of rotatable bonds is 3. The molecular formula is C15H26N2O4. The zero-order valence-electron chi connectivity index (χ0n) is 13.2. The summed E-state index contributed by atoms with van der Waals surface area (Å²) >= 11 is 0. The molecule has 1 N–H and O–H groups in total. The van der Waals surface area contributed by atoms with Crippen LogP contribution < -0.4 is 0 Å². The fraction of sp³-hybridized carbons (Fsp3) is 0.867. The summed E-state index contributed by atoms with van der Waals surface area (Å²) < 4.78 is 5.43. The van der Waals surface area contributed by atoms with Crippen molar-refractivity contribution in [2.45, 2.75) is 58.1 Å². The Hall–Kier alpha value is -1.14. The van der Waals surface area contributed by atoms with Crippen molar-refractivity contribution < 1.29 is 19.4 Å². The third-order valence-electron chi connectivity index (χ3n) is 4.08. The highest BCUT2D eigenvalue weighted by atomic mass is 16.6. The van der Waals surface area contributed by atoms with Crippen LogP contribution in [0.5, 0.6) is 0 Å². The summed E-state index contributed by atoms with van der Waals surface area (Å²) in [5, 5.41) is 13.3. The Kier molecular flexibility index (Phi) is 4.88. The van der Waals surface area contributed by atoms with Gasteiger partial charge >= 0.3 is 11.9 Å². The zero-order chi connectivity index (χ0) is 15.6. The number of carbonyl (C=O) groups excluding carboxylic acids is 1. The van der Waals surface area contributed by atoms with Crippen molar-refractivity contribution in [2.75, 3.05) is 19.6 Å². The van der Waals surface area contributed by atoms with Crippen LogP contribution in [0.4, 0.5) is 0 Å². The highest BCUT2D eigenvalue weighted by Crippen LogP contribution is 2.26. The van der Waals surface area contributed by atoms with Gasteiger partial charge in [-0.25, -0.2) is 10.0 Å². The number of carboxylic acids is 1. The lowest BCUT2D eigenvalue weighted by Gasteiger charge is -2.39. The Morgan fingerprint density at radius 3 is 2.24 bits per heavy atom. The molecular weight excluding hydrogens is 272 g/mol. The van der Waals surface area contributed by atoms with E-state index in [0.717, 1.165) is 38.9 Å². The highest BCUT2D eigenvalue weighted by Gasteiger charge is 2.37. The van der Waals surface area contributed by atoms with Gasteiger partial charge in [0.15, 0.2) is 0 Å². The minimum absolute atomic E-state index is 0.0636. The molecule has 6 nitrogen and oxygen atoms in total. The van der Waals surface area contributed by atoms with Crippen LogP contribution in [-0.2, 0) is 14.3 Å². The number of carboxylic acid groups (broad SMARTS) is 1. The van der Waals surface area contributed by atoms with Gasteiger partial charge in [0.05, 0.1) is 5.92 Å². The molecule has 0 aliphatic carbocycles. The van der Waals surface area contributed by atoms with Crippen LogP contribution >= 0.6 is 0 Å². The van der Waals surface area contributed by atoms with Crippen molar-refractivity contribution in [1.82, 2.24) is 10.0 Å². The Morgan fingerprint density at radius 2 is 1.71 bits per heavy atom. The number of hydrogen-bond donors (Lipinski definition) is 1. The number of hydrazine groups is 1. The molecule has 0 radical (unpaired) electrons. The molecule has 2 aliphatic heterocycles. The van der Waals surface area contributed by atoms with Crippen molar-refractivity contribution in [3.05, 3.63) is 0 Å². The minimum atomic E-state index is -0.748. The molecule has 2 saturated heterocycles. The molecule has 6 heteroatoms. The Labute approximate surface area is 126 Å². The largest absolute Gasteiger partial charge is 0.480 e. The first-order chi connectivity index (χ1) is 9.78. The molecule has 0 aromatic carbocycles. The van der Waals surface area contributed by atoms with E-state index in [4.69, 9.17) is 4.74 Å². The normalized spacial score (nSPS) is 26.0. The maximum atomic E-state index is 12.1. The van der Waals surface area contributed by atoms with Crippen LogP contribution in [0.25, 0.3) is 0 Å². The summed E-state index contributed by atoms with van der Waals surface area (Å²) in [6.45, 7) is 7.89. The van der Waals surface area contributed by atoms with Gasteiger partial charge in [-0.1, -0.05) is 0 Å². The first-order valence-electron chi connectivity index (χ1n) is 7.75. The van der Waals surface area contributed by atoms with Crippen LogP contribution in [0.1, 0.15) is 46.5 Å². The van der Waals surface area contributed by atoms with E-state index in [9.17, 15) is 14.7 Å². The molecule has 2 fully saturated rings. The van der Waals surface area contributed by atoms with E-state index in [-0.39, 0.29) is 11.9 Å². The third-order valence-corrected chi connectivity index (χ3v) is 4.08. The molecule has 2 aliphatic rings. The van der Waals surface area contributed by atoms with Crippen molar-refractivity contribution in [3.63, 3.8) is 0 Å². The molecule has 0 aromatic rings. The van der Waals surface area contributed by atoms with Crippen LogP contribution in [-0.4, -0.2) is 58.3 Å². The molecule has 120 valence electrons. The molecule has 21 heavy (non-hydrogen) atoms. The number of piperidine rings is 1. The lowest BCUT2D eigenvalue weighted by Crippen LogP contribution is -2.52. The second-order valence-electron chi connectivity index (χ2n) is 6.92. The Bertz CT molecular complexity index is 397. The first-order valence-corrected chi connectivity index (χ1v) is 7.75. The highest BCUT2D eigenvalue weighted by molar-refractivity contribution is 5.74. The van der Waals surface area contributed by atoms with Gasteiger partial charge < -0.3 is 9.84 Å². The lowest BCUT2D eigenvalue weighted by molar-refractivity contribution is -0.166. The lowest BCUT2D eigenvalue weighted by atomic mass is 9.97. The monoisotopic (exact) mass is 298 g/mol. The predicted octanol–water partition coefficient (Wildman–Crippen LogP) is 1.50. The number of aliphatic carboxylic acids is 1. The van der Waals surface area contributed by atoms with E-state index in [1.165, 1.54) is 0 Å². The van der Waals surface area contributed by atoms with Crippen molar-refractivity contribution >= 4 is 11.9 Å². The molecule has 1 atom stereocenters. The molecule has 0 amide bonds.